The minimum atomic E-state index is -0.961. The molecule has 6 fully saturated rings. The van der Waals surface area contributed by atoms with Crippen molar-refractivity contribution in [2.24, 2.45) is 23.2 Å². The molecule has 1 aliphatic heterocycles. The van der Waals surface area contributed by atoms with Crippen LogP contribution >= 0.6 is 0 Å². The summed E-state index contributed by atoms with van der Waals surface area (Å²) >= 11 is 0. The van der Waals surface area contributed by atoms with Crippen molar-refractivity contribution in [3.8, 4) is 6.07 Å². The van der Waals surface area contributed by atoms with Gasteiger partial charge in [0, 0.05) is 11.5 Å². The lowest BCUT2D eigenvalue weighted by Gasteiger charge is -2.62. The molecule has 4 bridgehead atoms. The second-order valence-corrected chi connectivity index (χ2v) is 9.30. The molecule has 126 valence electrons. The molecule has 5 heteroatoms. The summed E-state index contributed by atoms with van der Waals surface area (Å²) in [4.78, 5) is 1.87. The minimum Gasteiger partial charge on any atom is -0.390 e. The summed E-state index contributed by atoms with van der Waals surface area (Å²) < 4.78 is 0. The third-order valence-electron chi connectivity index (χ3n) is 7.59. The Balaban J connectivity index is 1.42. The van der Waals surface area contributed by atoms with Gasteiger partial charge in [-0.1, -0.05) is 0 Å². The maximum atomic E-state index is 11.1. The van der Waals surface area contributed by atoms with E-state index in [9.17, 15) is 20.6 Å². The first-order valence-electron chi connectivity index (χ1n) is 9.19. The quantitative estimate of drug-likeness (QED) is 0.722. The predicted molar refractivity (Wildman–Crippen MR) is 81.8 cm³/mol. The number of hydrogen-bond acceptors (Lipinski definition) is 5. The fraction of sp³-hybridized carbons (Fsp3) is 0.944. The summed E-state index contributed by atoms with van der Waals surface area (Å²) in [6.07, 6.45) is 5.41. The predicted octanol–water partition coefficient (Wildman–Crippen LogP) is 0.983. The first kappa shape index (κ1) is 14.7. The van der Waals surface area contributed by atoms with E-state index in [1.807, 2.05) is 4.90 Å². The van der Waals surface area contributed by atoms with Crippen molar-refractivity contribution >= 4 is 0 Å². The molecule has 0 aromatic heterocycles. The second-order valence-electron chi connectivity index (χ2n) is 9.30. The van der Waals surface area contributed by atoms with Crippen LogP contribution in [0.1, 0.15) is 51.4 Å². The molecule has 7 unspecified atom stereocenters. The standard InChI is InChI=1S/C18H26N2O3/c19-8-13-2-12-3-14(12)20(13)16(22)15(21)17-4-10-1-11(5-17)7-18(23,6-10)9-17/h10-16,21-23H,1-7,9H2. The number of aliphatic hydroxyl groups excluding tert-OH is 2. The van der Waals surface area contributed by atoms with Gasteiger partial charge in [-0.05, 0) is 69.1 Å². The monoisotopic (exact) mass is 318 g/mol. The zero-order valence-electron chi connectivity index (χ0n) is 13.4. The molecule has 0 radical (unpaired) electrons. The highest BCUT2D eigenvalue weighted by Gasteiger charge is 2.63. The van der Waals surface area contributed by atoms with Crippen molar-refractivity contribution in [1.82, 2.24) is 4.90 Å². The lowest BCUT2D eigenvalue weighted by Crippen LogP contribution is -2.63. The molecule has 6 rings (SSSR count). The Hall–Kier alpha value is -0.670. The largest absolute Gasteiger partial charge is 0.390 e. The molecule has 0 amide bonds. The van der Waals surface area contributed by atoms with Crippen LogP contribution in [0, 0.1) is 34.5 Å². The molecule has 1 saturated heterocycles. The van der Waals surface area contributed by atoms with E-state index in [0.29, 0.717) is 24.2 Å². The zero-order valence-corrected chi connectivity index (χ0v) is 13.4. The molecular formula is C18H26N2O3. The van der Waals surface area contributed by atoms with Crippen LogP contribution in [0.2, 0.25) is 0 Å². The SMILES string of the molecule is N#CC1CC2CC2N1C(O)C(O)C12CC3CC(CC(O)(C3)C1)C2. The van der Waals surface area contributed by atoms with Gasteiger partial charge in [-0.2, -0.15) is 5.26 Å². The van der Waals surface area contributed by atoms with Crippen molar-refractivity contribution in [3.63, 3.8) is 0 Å². The molecule has 5 aliphatic carbocycles. The number of likely N-dealkylation sites (tertiary alicyclic amines) is 1. The van der Waals surface area contributed by atoms with Gasteiger partial charge in [-0.15, -0.1) is 0 Å². The fourth-order valence-electron chi connectivity index (χ4n) is 7.10. The van der Waals surface area contributed by atoms with Gasteiger partial charge in [-0.25, -0.2) is 0 Å². The van der Waals surface area contributed by atoms with E-state index in [2.05, 4.69) is 6.07 Å². The van der Waals surface area contributed by atoms with Crippen LogP contribution in [-0.2, 0) is 0 Å². The number of rotatable bonds is 3. The van der Waals surface area contributed by atoms with Crippen LogP contribution in [0.3, 0.4) is 0 Å². The summed E-state index contributed by atoms with van der Waals surface area (Å²) in [6, 6.07) is 2.31. The number of hydrogen-bond donors (Lipinski definition) is 3. The van der Waals surface area contributed by atoms with Crippen molar-refractivity contribution in [2.75, 3.05) is 0 Å². The molecule has 1 heterocycles. The van der Waals surface area contributed by atoms with Crippen LogP contribution in [0.5, 0.6) is 0 Å². The summed E-state index contributed by atoms with van der Waals surface area (Å²) in [6.45, 7) is 0. The van der Waals surface area contributed by atoms with E-state index in [1.165, 1.54) is 6.42 Å². The second kappa shape index (κ2) is 4.49. The van der Waals surface area contributed by atoms with Crippen molar-refractivity contribution in [3.05, 3.63) is 0 Å². The number of nitriles is 1. The van der Waals surface area contributed by atoms with Crippen LogP contribution in [0.4, 0.5) is 0 Å². The van der Waals surface area contributed by atoms with Crippen molar-refractivity contribution in [1.29, 1.82) is 5.26 Å². The number of aliphatic hydroxyl groups is 3. The van der Waals surface area contributed by atoms with E-state index >= 15 is 0 Å². The third-order valence-corrected chi connectivity index (χ3v) is 7.59. The van der Waals surface area contributed by atoms with Gasteiger partial charge in [0.2, 0.25) is 0 Å². The van der Waals surface area contributed by atoms with E-state index in [4.69, 9.17) is 0 Å². The smallest absolute Gasteiger partial charge is 0.135 e. The average Bonchev–Trinajstić information content (AvgIpc) is 3.14. The van der Waals surface area contributed by atoms with Crippen LogP contribution in [0.25, 0.3) is 0 Å². The molecule has 0 spiro atoms. The van der Waals surface area contributed by atoms with E-state index < -0.39 is 17.9 Å². The molecule has 7 atom stereocenters. The Labute approximate surface area is 136 Å². The fourth-order valence-corrected chi connectivity index (χ4v) is 7.10. The van der Waals surface area contributed by atoms with Gasteiger partial charge in [0.1, 0.15) is 12.3 Å². The number of fused-ring (bicyclic) bond motifs is 1. The summed E-state index contributed by atoms with van der Waals surface area (Å²) in [5.74, 6) is 1.51. The Bertz CT molecular complexity index is 559. The highest BCUT2D eigenvalue weighted by molar-refractivity contribution is 5.16. The normalized spacial score (nSPS) is 56.2. The number of piperidine rings is 1. The summed E-state index contributed by atoms with van der Waals surface area (Å²) in [5, 5.41) is 42.2. The van der Waals surface area contributed by atoms with E-state index in [1.54, 1.807) is 0 Å². The maximum Gasteiger partial charge on any atom is 0.135 e. The molecule has 0 aromatic rings. The Kier molecular flexibility index (Phi) is 2.86. The topological polar surface area (TPSA) is 87.7 Å². The summed E-state index contributed by atoms with van der Waals surface area (Å²) in [5.41, 5.74) is -0.988. The lowest BCUT2D eigenvalue weighted by atomic mass is 9.46. The van der Waals surface area contributed by atoms with Crippen LogP contribution in [-0.4, -0.2) is 50.2 Å². The van der Waals surface area contributed by atoms with E-state index in [-0.39, 0.29) is 17.5 Å². The molecular weight excluding hydrogens is 292 g/mol. The molecule has 5 saturated carbocycles. The van der Waals surface area contributed by atoms with Crippen LogP contribution < -0.4 is 0 Å². The molecule has 5 nitrogen and oxygen atoms in total. The van der Waals surface area contributed by atoms with Gasteiger partial charge in [0.25, 0.3) is 0 Å². The van der Waals surface area contributed by atoms with Gasteiger partial charge < -0.3 is 15.3 Å². The van der Waals surface area contributed by atoms with Crippen molar-refractivity contribution in [2.45, 2.75) is 81.4 Å². The molecule has 3 N–H and O–H groups in total. The first-order chi connectivity index (χ1) is 10.9. The Morgan fingerprint density at radius 1 is 1.04 bits per heavy atom. The van der Waals surface area contributed by atoms with Crippen molar-refractivity contribution < 1.29 is 15.3 Å². The Morgan fingerprint density at radius 2 is 1.74 bits per heavy atom. The van der Waals surface area contributed by atoms with Gasteiger partial charge >= 0.3 is 0 Å². The van der Waals surface area contributed by atoms with Gasteiger partial charge in [0.15, 0.2) is 0 Å². The van der Waals surface area contributed by atoms with E-state index in [0.717, 1.165) is 38.5 Å². The van der Waals surface area contributed by atoms with Gasteiger partial charge in [0.05, 0.1) is 17.8 Å². The zero-order chi connectivity index (χ0) is 16.0. The average molecular weight is 318 g/mol. The summed E-state index contributed by atoms with van der Waals surface area (Å²) in [7, 11) is 0. The first-order valence-corrected chi connectivity index (χ1v) is 9.19. The molecule has 23 heavy (non-hydrogen) atoms. The number of nitrogens with zero attached hydrogens (tertiary/aromatic N) is 2. The highest BCUT2D eigenvalue weighted by Crippen LogP contribution is 2.63. The molecule has 0 aromatic carbocycles. The van der Waals surface area contributed by atoms with Gasteiger partial charge in [-0.3, -0.25) is 4.90 Å². The Morgan fingerprint density at radius 3 is 2.35 bits per heavy atom. The lowest BCUT2D eigenvalue weighted by molar-refractivity contribution is -0.229. The van der Waals surface area contributed by atoms with Crippen LogP contribution in [0.15, 0.2) is 0 Å². The maximum absolute atomic E-state index is 11.1. The highest BCUT2D eigenvalue weighted by atomic mass is 16.3. The molecule has 6 aliphatic rings. The minimum absolute atomic E-state index is 0.264. The third kappa shape index (κ3) is 1.99.